The number of fused-ring (bicyclic) bond motifs is 5. The molecule has 0 spiro atoms. The van der Waals surface area contributed by atoms with E-state index in [-0.39, 0.29) is 17.9 Å². The summed E-state index contributed by atoms with van der Waals surface area (Å²) in [5.41, 5.74) is 14.9. The number of anilines is 2. The second-order valence-corrected chi connectivity index (χ2v) is 19.0. The van der Waals surface area contributed by atoms with Crippen molar-refractivity contribution in [2.75, 3.05) is 49.1 Å². The topological polar surface area (TPSA) is 228 Å². The van der Waals surface area contributed by atoms with E-state index in [4.69, 9.17) is 39.0 Å². The average Bonchev–Trinajstić information content (AvgIpc) is 3.69. The number of nitrogens with zero attached hydrogens (tertiary/aromatic N) is 3. The van der Waals surface area contributed by atoms with E-state index in [9.17, 15) is 19.8 Å². The third-order valence-corrected chi connectivity index (χ3v) is 14.9. The number of carboxylic acid groups (broad SMARTS) is 1. The van der Waals surface area contributed by atoms with Gasteiger partial charge in [-0.3, -0.25) is 0 Å². The number of aliphatic hydroxyl groups excluding tert-OH is 1. The van der Waals surface area contributed by atoms with Gasteiger partial charge in [0.1, 0.15) is 30.3 Å². The van der Waals surface area contributed by atoms with Crippen LogP contribution in [-0.2, 0) is 62.4 Å². The fraction of sp³-hybridized carbons (Fsp3) is 0.386. The molecule has 0 aromatic heterocycles. The maximum absolute atomic E-state index is 12.4. The molecule has 0 saturated heterocycles. The molecular weight excluding hydrogens is 935 g/mol. The van der Waals surface area contributed by atoms with Gasteiger partial charge in [-0.05, 0) is 124 Å². The number of esters is 1. The molecule has 0 fully saturated rings. The van der Waals surface area contributed by atoms with E-state index < -0.39 is 18.2 Å². The predicted molar refractivity (Wildman–Crippen MR) is 265 cm³/mol. The second kappa shape index (κ2) is 23.6. The molecule has 8 aliphatic heterocycles. The Labute approximate surface area is 421 Å². The number of aromatic carboxylic acids is 1. The average molecular weight is 992 g/mol. The van der Waals surface area contributed by atoms with Crippen molar-refractivity contribution in [3.63, 3.8) is 0 Å². The minimum atomic E-state index is -1.13. The predicted octanol–water partition coefficient (Wildman–Crippen LogP) is 5.49. The van der Waals surface area contributed by atoms with Gasteiger partial charge in [-0.15, -0.1) is 0 Å². The van der Waals surface area contributed by atoms with Crippen LogP contribution in [0.3, 0.4) is 0 Å². The van der Waals surface area contributed by atoms with Gasteiger partial charge < -0.3 is 39.4 Å². The quantitative estimate of drug-likeness (QED) is 0.161. The van der Waals surface area contributed by atoms with Gasteiger partial charge in [-0.1, -0.05) is 48.5 Å². The summed E-state index contributed by atoms with van der Waals surface area (Å²) < 4.78 is 14.2. The lowest BCUT2D eigenvalue weighted by atomic mass is 9.83. The van der Waals surface area contributed by atoms with E-state index >= 15 is 0 Å². The Hall–Kier alpha value is -7.77. The number of ether oxygens (including phenoxy) is 2. The first kappa shape index (κ1) is 51.6. The molecule has 8 aliphatic rings. The molecule has 0 bridgehead atoms. The van der Waals surface area contributed by atoms with Gasteiger partial charge in [0, 0.05) is 104 Å². The SMILES string of the molecule is O=C([O-])c1ccccc1C1=c2cc3c4c(c2Oc2c1cc1c5c2CCCN5CCCC1)CCC[N+]=4CCCC3.O=C1OC(O)c2ccccc21.O=C=O.O=C=O.O=O.Oc1ccc2c3c1CCCN3CCCC2. The van der Waals surface area contributed by atoms with Gasteiger partial charge in [-0.2, -0.15) is 19.2 Å². The van der Waals surface area contributed by atoms with Crippen LogP contribution >= 0.6 is 0 Å². The lowest BCUT2D eigenvalue weighted by molar-refractivity contribution is -0.255. The minimum absolute atomic E-state index is 0.250. The molecule has 8 heterocycles. The Morgan fingerprint density at radius 3 is 1.89 bits per heavy atom. The van der Waals surface area contributed by atoms with Crippen molar-refractivity contribution in [1.29, 1.82) is 0 Å². The van der Waals surface area contributed by atoms with E-state index in [1.165, 1.54) is 115 Å². The first-order chi connectivity index (χ1) is 35.7. The van der Waals surface area contributed by atoms with Gasteiger partial charge in [-0.25, -0.2) is 9.37 Å². The number of carboxylic acids is 1. The Balaban J connectivity index is 0.000000170. The van der Waals surface area contributed by atoms with Crippen LogP contribution < -0.4 is 34.8 Å². The van der Waals surface area contributed by atoms with Crippen LogP contribution in [0.15, 0.2) is 72.8 Å². The van der Waals surface area contributed by atoms with Crippen LogP contribution in [0, 0.1) is 9.93 Å². The summed E-state index contributed by atoms with van der Waals surface area (Å²) in [6.45, 7) is 6.76. The molecule has 5 aromatic carbocycles. The Kier molecular flexibility index (Phi) is 16.7. The Morgan fingerprint density at radius 1 is 0.616 bits per heavy atom. The standard InChI is InChI=1S/C34H34N2O3.C13H17NO.C8H6O3.2CO2.O2/c37-34(38)24-12-2-1-11-23(24)29-27-19-21-9-3-5-15-35-17-7-13-25(30(21)35)32(27)39-33-26-14-8-18-36-16-6-4-10-22(31(26)36)20-28(29)33;15-12-7-6-10-4-1-2-8-14-9-3-5-11(12)13(10)14;9-7-5-3-1-2-4-6(5)8(10)11-7;2*2-1-3;1-2/h1-2,11-12,19-20H,3-10,13-18H2;6-7,15H,1-5,8-9H2;1-4,7,9H;;;. The van der Waals surface area contributed by atoms with Gasteiger partial charge in [0.05, 0.1) is 17.1 Å². The van der Waals surface area contributed by atoms with Crippen LogP contribution in [0.4, 0.5) is 11.4 Å². The summed E-state index contributed by atoms with van der Waals surface area (Å²) in [6.07, 6.45) is 16.5. The number of rotatable bonds is 2. The first-order valence-electron chi connectivity index (χ1n) is 25.1. The molecule has 73 heavy (non-hydrogen) atoms. The summed E-state index contributed by atoms with van der Waals surface area (Å²) in [7, 11) is 0. The second-order valence-electron chi connectivity index (χ2n) is 19.0. The van der Waals surface area contributed by atoms with Crippen LogP contribution in [0.5, 0.6) is 17.2 Å². The van der Waals surface area contributed by atoms with Gasteiger partial charge >= 0.3 is 18.3 Å². The zero-order valence-corrected chi connectivity index (χ0v) is 40.6. The Morgan fingerprint density at radius 2 is 1.19 bits per heavy atom. The highest BCUT2D eigenvalue weighted by Crippen LogP contribution is 2.48. The number of phenols is 1. The first-order valence-corrected chi connectivity index (χ1v) is 25.1. The fourth-order valence-corrected chi connectivity index (χ4v) is 12.0. The van der Waals surface area contributed by atoms with Crippen molar-refractivity contribution in [1.82, 2.24) is 4.58 Å². The molecule has 0 aliphatic carbocycles. The number of aromatic hydroxyl groups is 1. The van der Waals surface area contributed by atoms with Crippen LogP contribution in [0.1, 0.15) is 135 Å². The Bertz CT molecular complexity index is 3110. The summed E-state index contributed by atoms with van der Waals surface area (Å²) in [6, 6.07) is 22.9. The van der Waals surface area contributed by atoms with Crippen molar-refractivity contribution in [3.8, 4) is 17.2 Å². The minimum Gasteiger partial charge on any atom is -0.545 e. The number of aliphatic hydroxyl groups is 1. The van der Waals surface area contributed by atoms with Crippen molar-refractivity contribution in [2.45, 2.75) is 103 Å². The van der Waals surface area contributed by atoms with E-state index in [2.05, 4.69) is 37.3 Å². The molecule has 2 N–H and O–H groups in total. The summed E-state index contributed by atoms with van der Waals surface area (Å²) in [5.74, 6) is 0.835. The number of carbonyl (C=O) groups excluding carboxylic acids is 6. The number of benzene rings is 5. The van der Waals surface area contributed by atoms with Gasteiger partial charge in [0.15, 0.2) is 0 Å². The number of hydrogen-bond donors (Lipinski definition) is 2. The highest BCUT2D eigenvalue weighted by Gasteiger charge is 2.36. The lowest BCUT2D eigenvalue weighted by Gasteiger charge is -2.35. The molecule has 378 valence electrons. The molecule has 0 saturated carbocycles. The molecule has 0 amide bonds. The molecule has 13 rings (SSSR count). The zero-order valence-electron chi connectivity index (χ0n) is 40.6. The zero-order chi connectivity index (χ0) is 51.6. The highest BCUT2D eigenvalue weighted by molar-refractivity contribution is 5.98. The normalized spacial score (nSPS) is 17.7. The maximum atomic E-state index is 12.4. The molecule has 0 radical (unpaired) electrons. The van der Waals surface area contributed by atoms with Crippen LogP contribution in [0.2, 0.25) is 0 Å². The molecule has 16 nitrogen and oxygen atoms in total. The largest absolute Gasteiger partial charge is 0.545 e. The maximum Gasteiger partial charge on any atom is 0.373 e. The van der Waals surface area contributed by atoms with Crippen molar-refractivity contribution in [3.05, 3.63) is 154 Å². The van der Waals surface area contributed by atoms with E-state index in [0.717, 1.165) is 105 Å². The van der Waals surface area contributed by atoms with Gasteiger partial charge in [0.25, 0.3) is 0 Å². The molecule has 16 heteroatoms. The number of hydrogen-bond acceptors (Lipinski definition) is 15. The summed E-state index contributed by atoms with van der Waals surface area (Å²) in [5, 5.41) is 33.9. The lowest BCUT2D eigenvalue weighted by Crippen LogP contribution is -2.41. The smallest absolute Gasteiger partial charge is 0.373 e. The van der Waals surface area contributed by atoms with Crippen LogP contribution in [-0.4, -0.2) is 73.7 Å². The molecule has 5 aromatic rings. The van der Waals surface area contributed by atoms with Crippen molar-refractivity contribution in [2.24, 2.45) is 0 Å². The van der Waals surface area contributed by atoms with Crippen LogP contribution in [0.25, 0.3) is 5.57 Å². The highest BCUT2D eigenvalue weighted by atomic mass is 16.7. The fourth-order valence-electron chi connectivity index (χ4n) is 12.0. The van der Waals surface area contributed by atoms with Gasteiger partial charge in [0.2, 0.25) is 11.6 Å². The number of carbonyl (C=O) groups is 2. The summed E-state index contributed by atoms with van der Waals surface area (Å²) in [4.78, 5) is 74.9. The monoisotopic (exact) mass is 991 g/mol. The molecule has 1 unspecified atom stereocenters. The molecular formula is C57H57N3O13. The van der Waals surface area contributed by atoms with E-state index in [1.807, 2.05) is 18.2 Å². The third-order valence-electron chi connectivity index (χ3n) is 14.9. The van der Waals surface area contributed by atoms with E-state index in [1.54, 1.807) is 36.4 Å². The molecule has 1 atom stereocenters. The summed E-state index contributed by atoms with van der Waals surface area (Å²) >= 11 is 0. The van der Waals surface area contributed by atoms with Crippen molar-refractivity contribution < 1.29 is 53.6 Å². The van der Waals surface area contributed by atoms with E-state index in [0.29, 0.717) is 16.9 Å². The number of aryl methyl sites for hydroxylation is 3. The van der Waals surface area contributed by atoms with Crippen molar-refractivity contribution >= 4 is 41.2 Å². The number of phenolic OH excluding ortho intramolecular Hbond substituents is 1. The third kappa shape index (κ3) is 10.5. The number of cyclic esters (lactones) is 1.